The van der Waals surface area contributed by atoms with Crippen molar-refractivity contribution in [2.24, 2.45) is 0 Å². The topological polar surface area (TPSA) is 75.7 Å². The van der Waals surface area contributed by atoms with Crippen LogP contribution in [0.1, 0.15) is 49.4 Å². The predicted molar refractivity (Wildman–Crippen MR) is 124 cm³/mol. The molecule has 2 aromatic carbocycles. The molecule has 0 saturated heterocycles. The van der Waals surface area contributed by atoms with Crippen LogP contribution in [0.4, 0.5) is 5.69 Å². The number of nitrogens with zero attached hydrogens (tertiary/aromatic N) is 1. The van der Waals surface area contributed by atoms with Gasteiger partial charge in [0.25, 0.3) is 0 Å². The first-order chi connectivity index (χ1) is 14.6. The van der Waals surface area contributed by atoms with Crippen LogP contribution in [-0.4, -0.2) is 33.7 Å². The summed E-state index contributed by atoms with van der Waals surface area (Å²) in [4.78, 5) is 13.0. The van der Waals surface area contributed by atoms with E-state index in [0.717, 1.165) is 29.0 Å². The Balaban J connectivity index is 1.81. The number of anilines is 1. The van der Waals surface area contributed by atoms with Crippen LogP contribution in [-0.2, 0) is 27.7 Å². The number of benzene rings is 2. The van der Waals surface area contributed by atoms with Crippen LogP contribution < -0.4 is 14.4 Å². The molecule has 0 heterocycles. The fraction of sp³-hybridized carbons (Fsp3) is 0.435. The van der Waals surface area contributed by atoms with Crippen LogP contribution in [0.25, 0.3) is 0 Å². The van der Waals surface area contributed by atoms with E-state index >= 15 is 0 Å². The molecule has 168 valence electrons. The van der Waals surface area contributed by atoms with E-state index in [1.807, 2.05) is 13.0 Å². The SMILES string of the molecule is COc1ccc(N([C@@H](C)C(=O)N[C@H](C)c2ccc3c(c2)CCCC3)S(C)(=O)=O)cc1Cl. The molecule has 1 aliphatic carbocycles. The number of halogens is 1. The predicted octanol–water partition coefficient (Wildman–Crippen LogP) is 4.26. The minimum Gasteiger partial charge on any atom is -0.495 e. The summed E-state index contributed by atoms with van der Waals surface area (Å²) in [7, 11) is -2.26. The van der Waals surface area contributed by atoms with E-state index in [1.54, 1.807) is 19.1 Å². The first-order valence-corrected chi connectivity index (χ1v) is 12.6. The number of fused-ring (bicyclic) bond motifs is 1. The van der Waals surface area contributed by atoms with E-state index in [-0.39, 0.29) is 17.0 Å². The Kier molecular flexibility index (Phi) is 7.17. The average Bonchev–Trinajstić information content (AvgIpc) is 2.72. The second-order valence-electron chi connectivity index (χ2n) is 8.02. The second-order valence-corrected chi connectivity index (χ2v) is 10.3. The number of hydrogen-bond donors (Lipinski definition) is 1. The number of rotatable bonds is 7. The number of hydrogen-bond acceptors (Lipinski definition) is 4. The van der Waals surface area contributed by atoms with Gasteiger partial charge >= 0.3 is 0 Å². The minimum absolute atomic E-state index is 0.247. The van der Waals surface area contributed by atoms with Gasteiger partial charge in [0, 0.05) is 0 Å². The maximum absolute atomic E-state index is 13.0. The van der Waals surface area contributed by atoms with Crippen LogP contribution in [0.15, 0.2) is 36.4 Å². The van der Waals surface area contributed by atoms with Gasteiger partial charge < -0.3 is 10.1 Å². The third-order valence-electron chi connectivity index (χ3n) is 5.71. The summed E-state index contributed by atoms with van der Waals surface area (Å²) in [6.45, 7) is 3.47. The van der Waals surface area contributed by atoms with Crippen molar-refractivity contribution in [3.05, 3.63) is 58.1 Å². The largest absolute Gasteiger partial charge is 0.495 e. The van der Waals surface area contributed by atoms with Crippen molar-refractivity contribution >= 4 is 33.2 Å². The van der Waals surface area contributed by atoms with Gasteiger partial charge in [-0.05, 0) is 74.4 Å². The van der Waals surface area contributed by atoms with E-state index in [9.17, 15) is 13.2 Å². The highest BCUT2D eigenvalue weighted by molar-refractivity contribution is 7.92. The third kappa shape index (κ3) is 5.33. The molecule has 2 atom stereocenters. The maximum atomic E-state index is 13.0. The van der Waals surface area contributed by atoms with Crippen LogP contribution in [0.3, 0.4) is 0 Å². The molecule has 8 heteroatoms. The Labute approximate surface area is 189 Å². The minimum atomic E-state index is -3.74. The molecule has 0 spiro atoms. The lowest BCUT2D eigenvalue weighted by atomic mass is 9.89. The fourth-order valence-corrected chi connectivity index (χ4v) is 5.46. The summed E-state index contributed by atoms with van der Waals surface area (Å²) in [6, 6.07) is 9.76. The lowest BCUT2D eigenvalue weighted by Crippen LogP contribution is -2.48. The van der Waals surface area contributed by atoms with Crippen molar-refractivity contribution in [2.45, 2.75) is 51.6 Å². The van der Waals surface area contributed by atoms with Gasteiger partial charge in [-0.15, -0.1) is 0 Å². The van der Waals surface area contributed by atoms with E-state index in [4.69, 9.17) is 16.3 Å². The number of nitrogens with one attached hydrogen (secondary N) is 1. The zero-order chi connectivity index (χ0) is 22.8. The standard InChI is InChI=1S/C23H29ClN2O4S/c1-15(18-10-9-17-7-5-6-8-19(17)13-18)25-23(27)16(2)26(31(4,28)29)20-11-12-22(30-3)21(24)14-20/h9-16H,5-8H2,1-4H3,(H,25,27)/t15-,16+/m1/s1. The molecule has 1 amide bonds. The number of carbonyl (C=O) groups excluding carboxylic acids is 1. The highest BCUT2D eigenvalue weighted by Gasteiger charge is 2.30. The van der Waals surface area contributed by atoms with E-state index in [0.29, 0.717) is 11.4 Å². The van der Waals surface area contributed by atoms with Gasteiger partial charge in [0.2, 0.25) is 15.9 Å². The van der Waals surface area contributed by atoms with Gasteiger partial charge in [0.15, 0.2) is 0 Å². The van der Waals surface area contributed by atoms with E-state index < -0.39 is 16.1 Å². The van der Waals surface area contributed by atoms with Gasteiger partial charge in [-0.1, -0.05) is 29.8 Å². The number of ether oxygens (including phenoxy) is 1. The van der Waals surface area contributed by atoms with Gasteiger partial charge in [-0.2, -0.15) is 0 Å². The number of carbonyl (C=O) groups is 1. The van der Waals surface area contributed by atoms with Crippen LogP contribution in [0.2, 0.25) is 5.02 Å². The third-order valence-corrected chi connectivity index (χ3v) is 7.25. The maximum Gasteiger partial charge on any atom is 0.244 e. The van der Waals surface area contributed by atoms with Crippen molar-refractivity contribution in [1.82, 2.24) is 5.32 Å². The molecule has 0 radical (unpaired) electrons. The van der Waals surface area contributed by atoms with Gasteiger partial charge in [-0.3, -0.25) is 9.10 Å². The Hall–Kier alpha value is -2.25. The molecule has 3 rings (SSSR count). The molecule has 0 saturated carbocycles. The molecule has 1 aliphatic rings. The zero-order valence-corrected chi connectivity index (χ0v) is 19.9. The highest BCUT2D eigenvalue weighted by atomic mass is 35.5. The van der Waals surface area contributed by atoms with E-state index in [1.165, 1.54) is 37.1 Å². The Bertz CT molecular complexity index is 1070. The van der Waals surface area contributed by atoms with Crippen LogP contribution in [0.5, 0.6) is 5.75 Å². The normalized spacial score (nSPS) is 15.5. The Morgan fingerprint density at radius 2 is 1.77 bits per heavy atom. The molecule has 0 aliphatic heterocycles. The van der Waals surface area contributed by atoms with Crippen LogP contribution in [0, 0.1) is 0 Å². The smallest absolute Gasteiger partial charge is 0.244 e. The Morgan fingerprint density at radius 3 is 2.39 bits per heavy atom. The second kappa shape index (κ2) is 9.49. The lowest BCUT2D eigenvalue weighted by Gasteiger charge is -2.29. The zero-order valence-electron chi connectivity index (χ0n) is 18.3. The van der Waals surface area contributed by atoms with Crippen LogP contribution >= 0.6 is 11.6 Å². The summed E-state index contributed by atoms with van der Waals surface area (Å²) < 4.78 is 31.3. The number of sulfonamides is 1. The first-order valence-electron chi connectivity index (χ1n) is 10.4. The number of amides is 1. The molecular formula is C23H29ClN2O4S. The quantitative estimate of drug-likeness (QED) is 0.664. The highest BCUT2D eigenvalue weighted by Crippen LogP contribution is 2.31. The fourth-order valence-electron chi connectivity index (χ4n) is 4.04. The molecule has 31 heavy (non-hydrogen) atoms. The molecule has 6 nitrogen and oxygen atoms in total. The number of aryl methyl sites for hydroxylation is 2. The summed E-state index contributed by atoms with van der Waals surface area (Å²) in [6.07, 6.45) is 5.62. The van der Waals surface area contributed by atoms with Gasteiger partial charge in [0.05, 0.1) is 30.1 Å². The average molecular weight is 465 g/mol. The summed E-state index contributed by atoms with van der Waals surface area (Å²) in [5.41, 5.74) is 4.03. The van der Waals surface area contributed by atoms with Crippen molar-refractivity contribution in [3.8, 4) is 5.75 Å². The number of methoxy groups -OCH3 is 1. The van der Waals surface area contributed by atoms with Crippen molar-refractivity contribution in [3.63, 3.8) is 0 Å². The molecule has 0 aromatic heterocycles. The molecule has 0 fully saturated rings. The van der Waals surface area contributed by atoms with Crippen molar-refractivity contribution in [1.29, 1.82) is 0 Å². The van der Waals surface area contributed by atoms with Crippen molar-refractivity contribution < 1.29 is 17.9 Å². The molecule has 0 unspecified atom stereocenters. The van der Waals surface area contributed by atoms with E-state index in [2.05, 4.69) is 17.4 Å². The summed E-state index contributed by atoms with van der Waals surface area (Å²) >= 11 is 6.18. The van der Waals surface area contributed by atoms with Gasteiger partial charge in [0.1, 0.15) is 11.8 Å². The molecule has 0 bridgehead atoms. The summed E-state index contributed by atoms with van der Waals surface area (Å²) in [5.74, 6) is 0.0413. The molecular weight excluding hydrogens is 436 g/mol. The Morgan fingerprint density at radius 1 is 1.10 bits per heavy atom. The molecule has 2 aromatic rings. The van der Waals surface area contributed by atoms with Gasteiger partial charge in [-0.25, -0.2) is 8.42 Å². The lowest BCUT2D eigenvalue weighted by molar-refractivity contribution is -0.122. The van der Waals surface area contributed by atoms with Crippen molar-refractivity contribution in [2.75, 3.05) is 17.7 Å². The monoisotopic (exact) mass is 464 g/mol. The molecule has 1 N–H and O–H groups in total. The first kappa shape index (κ1) is 23.4. The summed E-state index contributed by atoms with van der Waals surface area (Å²) in [5, 5.41) is 3.23.